The number of hydrogen-bond donors (Lipinski definition) is 0. The average Bonchev–Trinajstić information content (AvgIpc) is 0.918. The molecule has 0 aliphatic rings. The van der Waals surface area contributed by atoms with Crippen molar-refractivity contribution in [2.45, 2.75) is 6.92 Å². The Balaban J connectivity index is -0.0000000200. The van der Waals surface area contributed by atoms with E-state index in [1.807, 2.05) is 0 Å². The molecular formula is C2H6LiNaO. The summed E-state index contributed by atoms with van der Waals surface area (Å²) in [7, 11) is 0. The molecule has 0 aromatic rings. The van der Waals surface area contributed by atoms with Crippen LogP contribution in [-0.4, -0.2) is 25.5 Å². The van der Waals surface area contributed by atoms with Crippen LogP contribution in [0, 0.1) is 0 Å². The van der Waals surface area contributed by atoms with E-state index in [2.05, 4.69) is 0 Å². The monoisotopic (exact) mass is 76.0 g/mol. The second-order valence-corrected chi connectivity index (χ2v) is 0.289. The summed E-state index contributed by atoms with van der Waals surface area (Å²) in [6.45, 7) is 1.57. The Kier molecular flexibility index (Phi) is 56.5. The molecule has 0 aromatic heterocycles. The van der Waals surface area contributed by atoms with E-state index in [-0.39, 0.29) is 55.0 Å². The average molecular weight is 76.0 g/mol. The van der Waals surface area contributed by atoms with E-state index in [0.717, 1.165) is 0 Å². The molecule has 0 aliphatic heterocycles. The molecule has 0 atom stereocenters. The van der Waals surface area contributed by atoms with Crippen LogP contribution in [0.5, 0.6) is 0 Å². The quantitative estimate of drug-likeness (QED) is 0.268. The molecule has 0 aromatic carbocycles. The topological polar surface area (TPSA) is 23.1 Å². The zero-order chi connectivity index (χ0) is 2.71. The summed E-state index contributed by atoms with van der Waals surface area (Å²) in [5.74, 6) is 0. The molecule has 0 saturated carbocycles. The zero-order valence-corrected chi connectivity index (χ0v) is 5.12. The Labute approximate surface area is 66.6 Å². The van der Waals surface area contributed by atoms with Gasteiger partial charge in [-0.25, -0.2) is 0 Å². The minimum absolute atomic E-state index is 0. The van der Waals surface area contributed by atoms with Crippen molar-refractivity contribution in [1.29, 1.82) is 0 Å². The summed E-state index contributed by atoms with van der Waals surface area (Å²) in [6, 6.07) is 0. The van der Waals surface area contributed by atoms with Gasteiger partial charge in [-0.15, -0.1) is 6.61 Å². The van der Waals surface area contributed by atoms with E-state index in [1.54, 1.807) is 6.92 Å². The zero-order valence-electron chi connectivity index (χ0n) is 3.12. The van der Waals surface area contributed by atoms with E-state index in [1.165, 1.54) is 0 Å². The van der Waals surface area contributed by atoms with Crippen LogP contribution in [-0.2, 0) is 0 Å². The Bertz CT molecular complexity index is 9.61. The van der Waals surface area contributed by atoms with Crippen molar-refractivity contribution in [1.82, 2.24) is 0 Å². The van der Waals surface area contributed by atoms with Crippen molar-refractivity contribution in [3.63, 3.8) is 0 Å². The SMILES string of the molecule is CC[O-].[LiH].[Na+]. The van der Waals surface area contributed by atoms with E-state index in [0.29, 0.717) is 0 Å². The first kappa shape index (κ1) is 16.0. The van der Waals surface area contributed by atoms with E-state index < -0.39 is 0 Å². The van der Waals surface area contributed by atoms with Crippen molar-refractivity contribution in [3.05, 3.63) is 0 Å². The molecule has 22 valence electrons. The van der Waals surface area contributed by atoms with Gasteiger partial charge >= 0.3 is 48.4 Å². The predicted molar refractivity (Wildman–Crippen MR) is 17.7 cm³/mol. The predicted octanol–water partition coefficient (Wildman–Crippen LogP) is -4.28. The standard InChI is InChI=1S/C2H5O.Li.Na.H/c1-2-3;;;/h2H2,1H3;;;/q-1;;+1;. The van der Waals surface area contributed by atoms with Crippen LogP contribution in [0.2, 0.25) is 0 Å². The van der Waals surface area contributed by atoms with E-state index >= 15 is 0 Å². The van der Waals surface area contributed by atoms with Crippen LogP contribution in [0.25, 0.3) is 0 Å². The van der Waals surface area contributed by atoms with Crippen molar-refractivity contribution < 1.29 is 34.7 Å². The third kappa shape index (κ3) is 29.0. The number of rotatable bonds is 0. The fourth-order valence-corrected chi connectivity index (χ4v) is 0. The molecule has 0 saturated heterocycles. The molecule has 0 N–H and O–H groups in total. The molecule has 0 rings (SSSR count). The first-order valence-corrected chi connectivity index (χ1v) is 0.996. The fourth-order valence-electron chi connectivity index (χ4n) is 0. The van der Waals surface area contributed by atoms with Gasteiger partial charge in [-0.1, -0.05) is 6.92 Å². The largest absolute Gasteiger partial charge is 1.00 e. The molecule has 0 bridgehead atoms. The molecule has 0 radical (unpaired) electrons. The summed E-state index contributed by atoms with van der Waals surface area (Å²) < 4.78 is 0. The maximum absolute atomic E-state index is 8.93. The van der Waals surface area contributed by atoms with Crippen molar-refractivity contribution in [2.75, 3.05) is 6.61 Å². The van der Waals surface area contributed by atoms with Gasteiger partial charge in [0.05, 0.1) is 0 Å². The Morgan fingerprint density at radius 3 is 1.60 bits per heavy atom. The molecule has 0 heterocycles. The second-order valence-electron chi connectivity index (χ2n) is 0.289. The summed E-state index contributed by atoms with van der Waals surface area (Å²) in [5.41, 5.74) is 0. The molecular weight excluding hydrogens is 70.0 g/mol. The maximum Gasteiger partial charge on any atom is 1.00 e. The van der Waals surface area contributed by atoms with Gasteiger partial charge in [0.25, 0.3) is 0 Å². The molecule has 0 fully saturated rings. The molecule has 5 heavy (non-hydrogen) atoms. The van der Waals surface area contributed by atoms with E-state index in [9.17, 15) is 0 Å². The van der Waals surface area contributed by atoms with Gasteiger partial charge in [0.1, 0.15) is 0 Å². The van der Waals surface area contributed by atoms with Gasteiger partial charge in [-0.3, -0.25) is 0 Å². The van der Waals surface area contributed by atoms with E-state index in [4.69, 9.17) is 5.11 Å². The van der Waals surface area contributed by atoms with Gasteiger partial charge in [0.15, 0.2) is 0 Å². The van der Waals surface area contributed by atoms with Gasteiger partial charge in [0.2, 0.25) is 0 Å². The van der Waals surface area contributed by atoms with Crippen molar-refractivity contribution >= 4 is 18.9 Å². The molecule has 0 aliphatic carbocycles. The van der Waals surface area contributed by atoms with Gasteiger partial charge in [-0.05, 0) is 0 Å². The van der Waals surface area contributed by atoms with Gasteiger partial charge < -0.3 is 5.11 Å². The smallest absolute Gasteiger partial charge is 1.00 e. The molecule has 0 spiro atoms. The minimum Gasteiger partial charge on any atom is 1.00 e. The van der Waals surface area contributed by atoms with Crippen LogP contribution < -0.4 is 34.7 Å². The molecule has 0 amide bonds. The van der Waals surface area contributed by atoms with Gasteiger partial charge in [0, 0.05) is 0 Å². The van der Waals surface area contributed by atoms with Gasteiger partial charge in [-0.2, -0.15) is 0 Å². The van der Waals surface area contributed by atoms with Crippen molar-refractivity contribution in [2.24, 2.45) is 0 Å². The van der Waals surface area contributed by atoms with Crippen LogP contribution in [0.15, 0.2) is 0 Å². The maximum atomic E-state index is 8.93. The van der Waals surface area contributed by atoms with Crippen molar-refractivity contribution in [3.8, 4) is 0 Å². The Morgan fingerprint density at radius 2 is 1.60 bits per heavy atom. The third-order valence-electron chi connectivity index (χ3n) is 0. The summed E-state index contributed by atoms with van der Waals surface area (Å²) in [6.07, 6.45) is 0. The second kappa shape index (κ2) is 17.6. The first-order chi connectivity index (χ1) is 1.41. The summed E-state index contributed by atoms with van der Waals surface area (Å²) in [5, 5.41) is 8.93. The first-order valence-electron chi connectivity index (χ1n) is 0.996. The van der Waals surface area contributed by atoms with Crippen LogP contribution in [0.4, 0.5) is 0 Å². The summed E-state index contributed by atoms with van der Waals surface area (Å²) >= 11 is 0. The summed E-state index contributed by atoms with van der Waals surface area (Å²) in [4.78, 5) is 0. The Morgan fingerprint density at radius 1 is 1.60 bits per heavy atom. The van der Waals surface area contributed by atoms with Crippen LogP contribution >= 0.6 is 0 Å². The Hall–Kier alpha value is 1.56. The minimum atomic E-state index is 0. The normalized spacial score (nSPS) is 3.60. The van der Waals surface area contributed by atoms with Crippen LogP contribution in [0.3, 0.4) is 0 Å². The molecule has 1 nitrogen and oxygen atoms in total. The third-order valence-corrected chi connectivity index (χ3v) is 0. The fraction of sp³-hybridized carbons (Fsp3) is 1.00. The molecule has 0 unspecified atom stereocenters. The van der Waals surface area contributed by atoms with Crippen LogP contribution in [0.1, 0.15) is 6.92 Å². The molecule has 3 heteroatoms. The number of hydrogen-bond acceptors (Lipinski definition) is 1.